The number of ether oxygens (including phenoxy) is 3. The molecular weight excluding hydrogens is 184 g/mol. The van der Waals surface area contributed by atoms with Crippen molar-refractivity contribution in [3.63, 3.8) is 0 Å². The summed E-state index contributed by atoms with van der Waals surface area (Å²) in [5.74, 6) is 0.468. The maximum Gasteiger partial charge on any atom is 0.337 e. The monoisotopic (exact) mass is 198 g/mol. The van der Waals surface area contributed by atoms with E-state index in [-0.39, 0.29) is 18.2 Å². The summed E-state index contributed by atoms with van der Waals surface area (Å²) in [6.45, 7) is 4.64. The van der Waals surface area contributed by atoms with Crippen molar-refractivity contribution in [2.75, 3.05) is 13.2 Å². The molecule has 0 bridgehead atoms. The summed E-state index contributed by atoms with van der Waals surface area (Å²) in [4.78, 5) is 11.6. The van der Waals surface area contributed by atoms with E-state index in [1.807, 2.05) is 0 Å². The van der Waals surface area contributed by atoms with E-state index in [4.69, 9.17) is 14.2 Å². The molecule has 4 heteroatoms. The first-order chi connectivity index (χ1) is 6.74. The third-order valence-corrected chi connectivity index (χ3v) is 2.58. The summed E-state index contributed by atoms with van der Waals surface area (Å²) in [5.41, 5.74) is 0.661. The van der Waals surface area contributed by atoms with Gasteiger partial charge in [-0.05, 0) is 20.3 Å². The van der Waals surface area contributed by atoms with Crippen molar-refractivity contribution in [2.45, 2.75) is 26.6 Å². The van der Waals surface area contributed by atoms with Gasteiger partial charge in [0.1, 0.15) is 5.76 Å². The molecule has 1 saturated heterocycles. The maximum atomic E-state index is 11.6. The number of allylic oxidation sites excluding steroid dienone is 1. The lowest BCUT2D eigenvalue weighted by atomic mass is 9.98. The summed E-state index contributed by atoms with van der Waals surface area (Å²) in [5, 5.41) is 0. The van der Waals surface area contributed by atoms with Crippen molar-refractivity contribution in [1.29, 1.82) is 0 Å². The van der Waals surface area contributed by atoms with Gasteiger partial charge in [-0.15, -0.1) is 0 Å². The van der Waals surface area contributed by atoms with Crippen molar-refractivity contribution >= 4 is 5.97 Å². The predicted octanol–water partition coefficient (Wildman–Crippen LogP) is 1.22. The van der Waals surface area contributed by atoms with Gasteiger partial charge < -0.3 is 14.2 Å². The van der Waals surface area contributed by atoms with Crippen LogP contribution < -0.4 is 0 Å². The molecule has 0 amide bonds. The van der Waals surface area contributed by atoms with Crippen LogP contribution in [0.5, 0.6) is 0 Å². The van der Waals surface area contributed by atoms with Crippen LogP contribution in [0.15, 0.2) is 11.3 Å². The zero-order chi connectivity index (χ0) is 10.1. The van der Waals surface area contributed by atoms with Crippen molar-refractivity contribution in [3.05, 3.63) is 11.3 Å². The van der Waals surface area contributed by atoms with Gasteiger partial charge in [0.2, 0.25) is 6.29 Å². The second kappa shape index (κ2) is 3.61. The van der Waals surface area contributed by atoms with Gasteiger partial charge in [-0.3, -0.25) is 0 Å². The Labute approximate surface area is 82.8 Å². The Morgan fingerprint density at radius 1 is 1.64 bits per heavy atom. The fourth-order valence-electron chi connectivity index (χ4n) is 1.96. The first-order valence-electron chi connectivity index (χ1n) is 4.90. The Morgan fingerprint density at radius 2 is 2.43 bits per heavy atom. The zero-order valence-corrected chi connectivity index (χ0v) is 8.41. The Hall–Kier alpha value is -1.03. The Bertz CT molecular complexity index is 282. The molecule has 0 N–H and O–H groups in total. The lowest BCUT2D eigenvalue weighted by Crippen LogP contribution is -2.18. The Kier molecular flexibility index (Phi) is 2.46. The van der Waals surface area contributed by atoms with Crippen LogP contribution in [0.4, 0.5) is 0 Å². The van der Waals surface area contributed by atoms with Crippen LogP contribution in [-0.2, 0) is 19.0 Å². The summed E-state index contributed by atoms with van der Waals surface area (Å²) in [6, 6.07) is 0. The van der Waals surface area contributed by atoms with Crippen molar-refractivity contribution in [3.8, 4) is 0 Å². The molecule has 0 aliphatic carbocycles. The van der Waals surface area contributed by atoms with Crippen LogP contribution in [-0.4, -0.2) is 25.5 Å². The second-order valence-electron chi connectivity index (χ2n) is 3.44. The van der Waals surface area contributed by atoms with E-state index in [1.54, 1.807) is 13.8 Å². The van der Waals surface area contributed by atoms with E-state index < -0.39 is 0 Å². The molecule has 0 spiro atoms. The van der Waals surface area contributed by atoms with Gasteiger partial charge in [-0.2, -0.15) is 0 Å². The number of esters is 1. The third kappa shape index (κ3) is 1.39. The number of carbonyl (C=O) groups is 1. The van der Waals surface area contributed by atoms with Crippen LogP contribution in [0.3, 0.4) is 0 Å². The molecule has 2 heterocycles. The molecular formula is C10H14O4. The number of carbonyl (C=O) groups excluding carboxylic acids is 1. The van der Waals surface area contributed by atoms with E-state index in [9.17, 15) is 4.79 Å². The number of rotatable bonds is 2. The molecule has 4 nitrogen and oxygen atoms in total. The van der Waals surface area contributed by atoms with Crippen LogP contribution in [0, 0.1) is 5.92 Å². The molecule has 78 valence electrons. The smallest absolute Gasteiger partial charge is 0.337 e. The molecule has 2 rings (SSSR count). The normalized spacial score (nSPS) is 30.1. The lowest BCUT2D eigenvalue weighted by Gasteiger charge is -2.09. The van der Waals surface area contributed by atoms with E-state index in [1.165, 1.54) is 0 Å². The first-order valence-corrected chi connectivity index (χ1v) is 4.90. The summed E-state index contributed by atoms with van der Waals surface area (Å²) in [7, 11) is 0. The molecule has 2 aliphatic heterocycles. The highest BCUT2D eigenvalue weighted by Gasteiger charge is 2.43. The van der Waals surface area contributed by atoms with E-state index in [0.29, 0.717) is 24.5 Å². The van der Waals surface area contributed by atoms with Crippen LogP contribution >= 0.6 is 0 Å². The fraction of sp³-hybridized carbons (Fsp3) is 0.700. The van der Waals surface area contributed by atoms with Crippen molar-refractivity contribution in [2.24, 2.45) is 5.92 Å². The number of fused-ring (bicyclic) bond motifs is 1. The van der Waals surface area contributed by atoms with Gasteiger partial charge in [0.15, 0.2) is 0 Å². The highest BCUT2D eigenvalue weighted by molar-refractivity contribution is 5.90. The Balaban J connectivity index is 2.15. The third-order valence-electron chi connectivity index (χ3n) is 2.58. The summed E-state index contributed by atoms with van der Waals surface area (Å²) in [6.07, 6.45) is 0.588. The first kappa shape index (κ1) is 9.52. The lowest BCUT2D eigenvalue weighted by molar-refractivity contribution is -0.139. The standard InChI is InChI=1S/C10H14O4/c1-3-12-9(11)8-6(2)14-10-7(8)4-5-13-10/h7,10H,3-5H2,1-2H3/t7-,10+/m1/s1. The van der Waals surface area contributed by atoms with Crippen LogP contribution in [0.25, 0.3) is 0 Å². The molecule has 2 aliphatic rings. The van der Waals surface area contributed by atoms with E-state index in [2.05, 4.69) is 0 Å². The van der Waals surface area contributed by atoms with Gasteiger partial charge in [0, 0.05) is 0 Å². The minimum atomic E-state index is -0.261. The minimum absolute atomic E-state index is 0.0778. The van der Waals surface area contributed by atoms with Gasteiger partial charge >= 0.3 is 5.97 Å². The molecule has 14 heavy (non-hydrogen) atoms. The quantitative estimate of drug-likeness (QED) is 0.626. The predicted molar refractivity (Wildman–Crippen MR) is 48.3 cm³/mol. The highest BCUT2D eigenvalue weighted by atomic mass is 16.7. The topological polar surface area (TPSA) is 44.8 Å². The summed E-state index contributed by atoms with van der Waals surface area (Å²) >= 11 is 0. The average molecular weight is 198 g/mol. The average Bonchev–Trinajstić information content (AvgIpc) is 2.63. The van der Waals surface area contributed by atoms with Gasteiger partial charge in [-0.25, -0.2) is 4.79 Å². The summed E-state index contributed by atoms with van der Waals surface area (Å²) < 4.78 is 15.7. The molecule has 1 fully saturated rings. The number of hydrogen-bond acceptors (Lipinski definition) is 4. The van der Waals surface area contributed by atoms with Crippen molar-refractivity contribution in [1.82, 2.24) is 0 Å². The van der Waals surface area contributed by atoms with Gasteiger partial charge in [-0.1, -0.05) is 0 Å². The molecule has 0 aromatic rings. The molecule has 0 aromatic carbocycles. The van der Waals surface area contributed by atoms with E-state index in [0.717, 1.165) is 6.42 Å². The van der Waals surface area contributed by atoms with Crippen LogP contribution in [0.2, 0.25) is 0 Å². The van der Waals surface area contributed by atoms with Crippen LogP contribution in [0.1, 0.15) is 20.3 Å². The van der Waals surface area contributed by atoms with Crippen molar-refractivity contribution < 1.29 is 19.0 Å². The Morgan fingerprint density at radius 3 is 3.14 bits per heavy atom. The molecule has 0 saturated carbocycles. The van der Waals surface area contributed by atoms with Gasteiger partial charge in [0.05, 0.1) is 24.7 Å². The molecule has 2 atom stereocenters. The maximum absolute atomic E-state index is 11.6. The second-order valence-corrected chi connectivity index (χ2v) is 3.44. The SMILES string of the molecule is CCOC(=O)C1=C(C)O[C@@H]2OCC[C@H]12. The molecule has 0 unspecified atom stereocenters. The fourth-order valence-corrected chi connectivity index (χ4v) is 1.96. The molecule has 0 radical (unpaired) electrons. The van der Waals surface area contributed by atoms with Gasteiger partial charge in [0.25, 0.3) is 0 Å². The largest absolute Gasteiger partial charge is 0.468 e. The zero-order valence-electron chi connectivity index (χ0n) is 8.41. The highest BCUT2D eigenvalue weighted by Crippen LogP contribution is 2.38. The molecule has 0 aromatic heterocycles. The minimum Gasteiger partial charge on any atom is -0.468 e. The number of hydrogen-bond donors (Lipinski definition) is 0. The van der Waals surface area contributed by atoms with E-state index >= 15 is 0 Å².